The third-order valence-corrected chi connectivity index (χ3v) is 4.69. The van der Waals surface area contributed by atoms with E-state index in [1.165, 1.54) is 24.3 Å². The van der Waals surface area contributed by atoms with Crippen molar-refractivity contribution in [1.29, 1.82) is 0 Å². The van der Waals surface area contributed by atoms with E-state index in [2.05, 4.69) is 15.5 Å². The molecule has 0 unspecified atom stereocenters. The number of aromatic nitrogens is 2. The van der Waals surface area contributed by atoms with Crippen LogP contribution in [0, 0.1) is 0 Å². The summed E-state index contributed by atoms with van der Waals surface area (Å²) in [7, 11) is 0. The molecular weight excluding hydrogens is 395 g/mol. The molecule has 2 N–H and O–H groups in total. The van der Waals surface area contributed by atoms with Crippen LogP contribution in [0.25, 0.3) is 21.5 Å². The highest BCUT2D eigenvalue weighted by Gasteiger charge is 2.30. The van der Waals surface area contributed by atoms with Crippen molar-refractivity contribution in [2.24, 2.45) is 0 Å². The van der Waals surface area contributed by atoms with E-state index in [-0.39, 0.29) is 32.7 Å². The number of hydrogen-bond donors (Lipinski definition) is 2. The molecule has 142 valence electrons. The summed E-state index contributed by atoms with van der Waals surface area (Å²) in [6.45, 7) is 0. The topological polar surface area (TPSA) is 88.2 Å². The molecule has 0 aliphatic rings. The van der Waals surface area contributed by atoms with E-state index in [0.717, 1.165) is 23.5 Å². The zero-order valence-corrected chi connectivity index (χ0v) is 14.6. The van der Waals surface area contributed by atoms with Crippen molar-refractivity contribution in [3.63, 3.8) is 0 Å². The van der Waals surface area contributed by atoms with Crippen molar-refractivity contribution in [3.05, 3.63) is 64.5 Å². The van der Waals surface area contributed by atoms with Crippen LogP contribution in [0.5, 0.6) is 5.75 Å². The van der Waals surface area contributed by atoms with Crippen molar-refractivity contribution >= 4 is 33.1 Å². The Balaban J connectivity index is 1.65. The van der Waals surface area contributed by atoms with E-state index in [1.54, 1.807) is 12.1 Å². The van der Waals surface area contributed by atoms with Crippen molar-refractivity contribution in [2.75, 3.05) is 5.32 Å². The molecule has 2 heterocycles. The van der Waals surface area contributed by atoms with Gasteiger partial charge in [0.15, 0.2) is 5.01 Å². The maximum Gasteiger partial charge on any atom is 0.416 e. The lowest BCUT2D eigenvalue weighted by Crippen LogP contribution is -2.05. The van der Waals surface area contributed by atoms with Gasteiger partial charge in [0.1, 0.15) is 11.3 Å². The number of benzene rings is 2. The Hall–Kier alpha value is -3.40. The average Bonchev–Trinajstić information content (AvgIpc) is 3.08. The number of alkyl halides is 3. The Morgan fingerprint density at radius 2 is 1.89 bits per heavy atom. The Bertz CT molecular complexity index is 1230. The minimum atomic E-state index is -4.46. The Kier molecular flexibility index (Phi) is 4.27. The third-order valence-electron chi connectivity index (χ3n) is 3.82. The zero-order valence-electron chi connectivity index (χ0n) is 13.8. The number of nitrogens with one attached hydrogen (secondary N) is 1. The van der Waals surface area contributed by atoms with Crippen molar-refractivity contribution in [2.45, 2.75) is 6.18 Å². The van der Waals surface area contributed by atoms with Crippen LogP contribution in [-0.4, -0.2) is 15.3 Å². The van der Waals surface area contributed by atoms with E-state index in [1.807, 2.05) is 0 Å². The van der Waals surface area contributed by atoms with Gasteiger partial charge in [-0.15, -0.1) is 10.2 Å². The van der Waals surface area contributed by atoms with E-state index in [9.17, 15) is 23.1 Å². The summed E-state index contributed by atoms with van der Waals surface area (Å²) in [4.78, 5) is 12.2. The number of fused-ring (bicyclic) bond motifs is 1. The fourth-order valence-electron chi connectivity index (χ4n) is 2.53. The largest absolute Gasteiger partial charge is 0.508 e. The van der Waals surface area contributed by atoms with Crippen LogP contribution in [0.1, 0.15) is 5.56 Å². The van der Waals surface area contributed by atoms with Gasteiger partial charge >= 0.3 is 11.8 Å². The number of hydrogen-bond acceptors (Lipinski definition) is 7. The number of rotatable bonds is 3. The number of halogens is 3. The molecule has 2 aromatic heterocycles. The predicted octanol–water partition coefficient (Wildman–Crippen LogP) is 4.78. The molecule has 0 saturated heterocycles. The molecule has 0 atom stereocenters. The quantitative estimate of drug-likeness (QED) is 0.477. The van der Waals surface area contributed by atoms with Crippen molar-refractivity contribution in [1.82, 2.24) is 10.2 Å². The van der Waals surface area contributed by atoms with Gasteiger partial charge in [0.2, 0.25) is 5.13 Å². The number of phenols is 1. The maximum absolute atomic E-state index is 12.8. The molecule has 0 aliphatic carbocycles. The van der Waals surface area contributed by atoms with Crippen LogP contribution in [0.2, 0.25) is 0 Å². The van der Waals surface area contributed by atoms with Crippen LogP contribution in [0.4, 0.5) is 24.0 Å². The Morgan fingerprint density at radius 3 is 2.68 bits per heavy atom. The van der Waals surface area contributed by atoms with Crippen LogP contribution in [0.3, 0.4) is 0 Å². The van der Waals surface area contributed by atoms with Gasteiger partial charge in [0, 0.05) is 17.1 Å². The normalized spacial score (nSPS) is 11.7. The van der Waals surface area contributed by atoms with E-state index >= 15 is 0 Å². The number of phenolic OH excluding ortho intramolecular Hbond substituents is 1. The first-order valence-electron chi connectivity index (χ1n) is 7.85. The summed E-state index contributed by atoms with van der Waals surface area (Å²) in [5, 5.41) is 21.0. The average molecular weight is 405 g/mol. The van der Waals surface area contributed by atoms with E-state index < -0.39 is 17.4 Å². The summed E-state index contributed by atoms with van der Waals surface area (Å²) in [6.07, 6.45) is -4.46. The first-order valence-corrected chi connectivity index (χ1v) is 8.66. The first-order chi connectivity index (χ1) is 13.3. The number of nitrogens with zero attached hydrogens (tertiary/aromatic N) is 2. The van der Waals surface area contributed by atoms with E-state index in [4.69, 9.17) is 4.42 Å². The lowest BCUT2D eigenvalue weighted by molar-refractivity contribution is -0.137. The Morgan fingerprint density at radius 1 is 1.07 bits per heavy atom. The van der Waals surface area contributed by atoms with Gasteiger partial charge in [-0.1, -0.05) is 17.4 Å². The zero-order chi connectivity index (χ0) is 19.9. The van der Waals surface area contributed by atoms with Crippen molar-refractivity contribution in [3.8, 4) is 16.3 Å². The van der Waals surface area contributed by atoms with Gasteiger partial charge in [0.05, 0.1) is 11.1 Å². The minimum Gasteiger partial charge on any atom is -0.508 e. The molecule has 4 rings (SSSR count). The SMILES string of the molecule is O=c1oc2cc(O)ccc2cc1-c1nnc(Nc2cccc(C(F)(F)F)c2)s1. The predicted molar refractivity (Wildman–Crippen MR) is 97.8 cm³/mol. The second-order valence-electron chi connectivity index (χ2n) is 5.79. The minimum absolute atomic E-state index is 0.0353. The standard InChI is InChI=1S/C18H10F3N3O3S/c19-18(20,21)10-2-1-3-11(7-10)22-17-24-23-15(28-17)13-6-9-4-5-12(25)8-14(9)27-16(13)26/h1-8,25H,(H,22,24). The molecule has 4 aromatic rings. The molecule has 28 heavy (non-hydrogen) atoms. The summed E-state index contributed by atoms with van der Waals surface area (Å²) in [6, 6.07) is 10.6. The lowest BCUT2D eigenvalue weighted by Gasteiger charge is -2.08. The molecule has 6 nitrogen and oxygen atoms in total. The lowest BCUT2D eigenvalue weighted by atomic mass is 10.2. The highest BCUT2D eigenvalue weighted by molar-refractivity contribution is 7.18. The van der Waals surface area contributed by atoms with Gasteiger partial charge < -0.3 is 14.8 Å². The smallest absolute Gasteiger partial charge is 0.416 e. The van der Waals surface area contributed by atoms with Gasteiger partial charge in [0.25, 0.3) is 0 Å². The molecule has 2 aromatic carbocycles. The third kappa shape index (κ3) is 3.54. The molecule has 0 spiro atoms. The van der Waals surface area contributed by atoms with Crippen LogP contribution in [0.15, 0.2) is 57.7 Å². The highest BCUT2D eigenvalue weighted by Crippen LogP contribution is 2.33. The molecule has 0 aliphatic heterocycles. The molecule has 10 heteroatoms. The number of anilines is 2. The summed E-state index contributed by atoms with van der Waals surface area (Å²) in [5.41, 5.74) is -0.882. The Labute approximate surface area is 158 Å². The second kappa shape index (κ2) is 6.64. The number of aromatic hydroxyl groups is 1. The van der Waals surface area contributed by atoms with Crippen LogP contribution >= 0.6 is 11.3 Å². The highest BCUT2D eigenvalue weighted by atomic mass is 32.1. The van der Waals surface area contributed by atoms with Crippen molar-refractivity contribution < 1.29 is 22.7 Å². The van der Waals surface area contributed by atoms with Gasteiger partial charge in [-0.3, -0.25) is 0 Å². The fraction of sp³-hybridized carbons (Fsp3) is 0.0556. The molecule has 0 amide bonds. The molecule has 0 radical (unpaired) electrons. The summed E-state index contributed by atoms with van der Waals surface area (Å²) in [5.74, 6) is -0.0353. The maximum atomic E-state index is 12.8. The molecule has 0 bridgehead atoms. The van der Waals surface area contributed by atoms with E-state index in [0.29, 0.717) is 5.39 Å². The molecular formula is C18H10F3N3O3S. The monoisotopic (exact) mass is 405 g/mol. The van der Waals surface area contributed by atoms with Gasteiger partial charge in [-0.2, -0.15) is 13.2 Å². The fourth-order valence-corrected chi connectivity index (χ4v) is 3.30. The summed E-state index contributed by atoms with van der Waals surface area (Å²) >= 11 is 0.996. The van der Waals surface area contributed by atoms with Gasteiger partial charge in [-0.05, 0) is 36.4 Å². The van der Waals surface area contributed by atoms with Gasteiger partial charge in [-0.25, -0.2) is 4.79 Å². The second-order valence-corrected chi connectivity index (χ2v) is 6.76. The first kappa shape index (κ1) is 18.0. The van der Waals surface area contributed by atoms with Crippen LogP contribution < -0.4 is 10.9 Å². The molecule has 0 fully saturated rings. The summed E-state index contributed by atoms with van der Waals surface area (Å²) < 4.78 is 43.6. The molecule has 0 saturated carbocycles. The van der Waals surface area contributed by atoms with Crippen LogP contribution in [-0.2, 0) is 6.18 Å².